The van der Waals surface area contributed by atoms with E-state index in [-0.39, 0.29) is 30.1 Å². The standard InChI is InChI=1S/C24H22F2N4O2S/c1-30-12-16(11-27-30)21-9-17-13-33-23(28-22(31)15-5-3-2-4-6-15)29-24(17,14-32-21)19-8-7-18(25)10-20(19)26/h2-8,10-12,17,21H,9,13-14H2,1H3,(H,28,29,31)/t17-,21+,24-/m0/s1. The molecule has 1 amide bonds. The first-order valence-corrected chi connectivity index (χ1v) is 11.6. The van der Waals surface area contributed by atoms with Gasteiger partial charge in [-0.15, -0.1) is 0 Å². The lowest BCUT2D eigenvalue weighted by atomic mass is 9.74. The van der Waals surface area contributed by atoms with Crippen molar-refractivity contribution in [3.05, 3.63) is 89.2 Å². The second-order valence-corrected chi connectivity index (χ2v) is 9.28. The fourth-order valence-corrected chi connectivity index (χ4v) is 5.61. The van der Waals surface area contributed by atoms with Gasteiger partial charge in [0, 0.05) is 47.7 Å². The fourth-order valence-electron chi connectivity index (χ4n) is 4.45. The summed E-state index contributed by atoms with van der Waals surface area (Å²) in [5.74, 6) is -1.10. The smallest absolute Gasteiger partial charge is 0.257 e. The molecule has 0 bridgehead atoms. The number of fused-ring (bicyclic) bond motifs is 1. The van der Waals surface area contributed by atoms with E-state index in [1.807, 2.05) is 19.3 Å². The van der Waals surface area contributed by atoms with Crippen LogP contribution in [-0.4, -0.2) is 33.2 Å². The highest BCUT2D eigenvalue weighted by Crippen LogP contribution is 2.49. The second kappa shape index (κ2) is 8.72. The first-order chi connectivity index (χ1) is 15.9. The highest BCUT2D eigenvalue weighted by Gasteiger charge is 2.50. The van der Waals surface area contributed by atoms with Crippen molar-refractivity contribution < 1.29 is 18.3 Å². The Hall–Kier alpha value is -3.04. The van der Waals surface area contributed by atoms with Crippen molar-refractivity contribution in [2.75, 3.05) is 12.4 Å². The third-order valence-electron chi connectivity index (χ3n) is 6.15. The van der Waals surface area contributed by atoms with Crippen molar-refractivity contribution in [1.82, 2.24) is 15.1 Å². The van der Waals surface area contributed by atoms with Crippen molar-refractivity contribution >= 4 is 22.8 Å². The maximum atomic E-state index is 15.0. The number of halogens is 2. The number of benzene rings is 2. The Morgan fingerprint density at radius 2 is 2.06 bits per heavy atom. The monoisotopic (exact) mass is 468 g/mol. The van der Waals surface area contributed by atoms with Gasteiger partial charge in [0.15, 0.2) is 5.17 Å². The average Bonchev–Trinajstić information content (AvgIpc) is 3.25. The van der Waals surface area contributed by atoms with E-state index in [1.54, 1.807) is 35.1 Å². The van der Waals surface area contributed by atoms with Crippen LogP contribution < -0.4 is 5.32 Å². The van der Waals surface area contributed by atoms with Gasteiger partial charge in [-0.3, -0.25) is 9.48 Å². The van der Waals surface area contributed by atoms with Gasteiger partial charge in [0.25, 0.3) is 5.91 Å². The number of aryl methyl sites for hydroxylation is 1. The molecule has 1 saturated heterocycles. The number of carbonyl (C=O) groups is 1. The number of amidine groups is 1. The number of carbonyl (C=O) groups excluding carboxylic acids is 1. The van der Waals surface area contributed by atoms with Crippen LogP contribution in [0.4, 0.5) is 8.78 Å². The van der Waals surface area contributed by atoms with E-state index in [0.29, 0.717) is 22.9 Å². The van der Waals surface area contributed by atoms with Gasteiger partial charge in [-0.25, -0.2) is 13.8 Å². The number of aliphatic imine (C=N–C) groups is 1. The van der Waals surface area contributed by atoms with Crippen LogP contribution in [0.15, 0.2) is 65.9 Å². The van der Waals surface area contributed by atoms with E-state index in [1.165, 1.54) is 23.9 Å². The highest BCUT2D eigenvalue weighted by molar-refractivity contribution is 8.13. The fraction of sp³-hybridized carbons (Fsp3) is 0.292. The number of rotatable bonds is 3. The summed E-state index contributed by atoms with van der Waals surface area (Å²) in [6.07, 6.45) is 4.07. The molecule has 0 radical (unpaired) electrons. The van der Waals surface area contributed by atoms with Crippen LogP contribution in [0.2, 0.25) is 0 Å². The number of nitrogens with one attached hydrogen (secondary N) is 1. The molecule has 0 unspecified atom stereocenters. The lowest BCUT2D eigenvalue weighted by molar-refractivity contribution is -0.0588. The van der Waals surface area contributed by atoms with Gasteiger partial charge in [0.05, 0.1) is 18.9 Å². The van der Waals surface area contributed by atoms with E-state index < -0.39 is 17.2 Å². The molecule has 33 heavy (non-hydrogen) atoms. The lowest BCUT2D eigenvalue weighted by Gasteiger charge is -2.46. The van der Waals surface area contributed by atoms with E-state index in [2.05, 4.69) is 10.4 Å². The van der Waals surface area contributed by atoms with Crippen LogP contribution in [-0.2, 0) is 17.3 Å². The molecule has 1 fully saturated rings. The minimum absolute atomic E-state index is 0.0844. The van der Waals surface area contributed by atoms with Gasteiger partial charge in [0.2, 0.25) is 0 Å². The van der Waals surface area contributed by atoms with Gasteiger partial charge in [0.1, 0.15) is 17.2 Å². The van der Waals surface area contributed by atoms with Crippen LogP contribution in [0.25, 0.3) is 0 Å². The summed E-state index contributed by atoms with van der Waals surface area (Å²) in [5.41, 5.74) is 0.649. The summed E-state index contributed by atoms with van der Waals surface area (Å²) in [7, 11) is 1.84. The molecule has 6 nitrogen and oxygen atoms in total. The predicted molar refractivity (Wildman–Crippen MR) is 122 cm³/mol. The molecule has 5 rings (SSSR count). The molecule has 2 aliphatic heterocycles. The topological polar surface area (TPSA) is 68.5 Å². The molecule has 2 aromatic carbocycles. The molecule has 3 aromatic rings. The average molecular weight is 469 g/mol. The Balaban J connectivity index is 1.50. The molecule has 0 aliphatic carbocycles. The van der Waals surface area contributed by atoms with E-state index in [9.17, 15) is 9.18 Å². The summed E-state index contributed by atoms with van der Waals surface area (Å²) in [4.78, 5) is 17.5. The Morgan fingerprint density at radius 1 is 1.24 bits per heavy atom. The summed E-state index contributed by atoms with van der Waals surface area (Å²) < 4.78 is 36.6. The zero-order chi connectivity index (χ0) is 23.0. The van der Waals surface area contributed by atoms with Crippen molar-refractivity contribution in [3.8, 4) is 0 Å². The zero-order valence-corrected chi connectivity index (χ0v) is 18.7. The van der Waals surface area contributed by atoms with Gasteiger partial charge in [-0.1, -0.05) is 36.0 Å². The third-order valence-corrected chi connectivity index (χ3v) is 7.19. The first-order valence-electron chi connectivity index (χ1n) is 10.6. The Morgan fingerprint density at radius 3 is 2.79 bits per heavy atom. The van der Waals surface area contributed by atoms with E-state index in [0.717, 1.165) is 11.6 Å². The highest BCUT2D eigenvalue weighted by atomic mass is 32.2. The summed E-state index contributed by atoms with van der Waals surface area (Å²) >= 11 is 1.42. The summed E-state index contributed by atoms with van der Waals surface area (Å²) in [6.45, 7) is 0.102. The van der Waals surface area contributed by atoms with Crippen LogP contribution >= 0.6 is 11.8 Å². The SMILES string of the molecule is Cn1cc([C@H]2C[C@H]3CSC(NC(=O)c4ccccc4)=N[C@@]3(c3ccc(F)cc3F)CO2)cn1. The van der Waals surface area contributed by atoms with Gasteiger partial charge in [-0.05, 0) is 24.6 Å². The number of hydrogen-bond acceptors (Lipinski definition) is 5. The summed E-state index contributed by atoms with van der Waals surface area (Å²) in [5, 5.41) is 7.47. The number of amides is 1. The quantitative estimate of drug-likeness (QED) is 0.626. The molecular weight excluding hydrogens is 446 g/mol. The number of nitrogens with zero attached hydrogens (tertiary/aromatic N) is 3. The largest absolute Gasteiger partial charge is 0.370 e. The van der Waals surface area contributed by atoms with Crippen LogP contribution in [0, 0.1) is 17.6 Å². The van der Waals surface area contributed by atoms with Gasteiger partial charge >= 0.3 is 0 Å². The number of hydrogen-bond donors (Lipinski definition) is 1. The minimum Gasteiger partial charge on any atom is -0.370 e. The van der Waals surface area contributed by atoms with Crippen molar-refractivity contribution in [3.63, 3.8) is 0 Å². The predicted octanol–water partition coefficient (Wildman–Crippen LogP) is 4.20. The number of aromatic nitrogens is 2. The van der Waals surface area contributed by atoms with Crippen molar-refractivity contribution in [2.45, 2.75) is 18.1 Å². The maximum Gasteiger partial charge on any atom is 0.257 e. The normalized spacial score (nSPS) is 24.6. The summed E-state index contributed by atoms with van der Waals surface area (Å²) in [6, 6.07) is 12.4. The lowest BCUT2D eigenvalue weighted by Crippen LogP contribution is -2.49. The maximum absolute atomic E-state index is 15.0. The van der Waals surface area contributed by atoms with E-state index >= 15 is 4.39 Å². The Bertz CT molecular complexity index is 1220. The van der Waals surface area contributed by atoms with Crippen molar-refractivity contribution in [2.24, 2.45) is 18.0 Å². The Labute approximate surface area is 194 Å². The third kappa shape index (κ3) is 4.18. The van der Waals surface area contributed by atoms with Gasteiger partial charge in [-0.2, -0.15) is 5.10 Å². The molecule has 3 heterocycles. The van der Waals surface area contributed by atoms with Crippen LogP contribution in [0.3, 0.4) is 0 Å². The molecule has 9 heteroatoms. The molecule has 3 atom stereocenters. The van der Waals surface area contributed by atoms with Gasteiger partial charge < -0.3 is 10.1 Å². The first kappa shape index (κ1) is 21.8. The molecule has 0 saturated carbocycles. The number of thioether (sulfide) groups is 1. The number of ether oxygens (including phenoxy) is 1. The molecule has 2 aliphatic rings. The zero-order valence-electron chi connectivity index (χ0n) is 17.9. The molecular formula is C24H22F2N4O2S. The molecule has 170 valence electrons. The van der Waals surface area contributed by atoms with Crippen molar-refractivity contribution in [1.29, 1.82) is 0 Å². The second-order valence-electron chi connectivity index (χ2n) is 8.28. The Kier molecular flexibility index (Phi) is 5.76. The van der Waals surface area contributed by atoms with Crippen LogP contribution in [0.1, 0.15) is 34.0 Å². The molecule has 1 N–H and O–H groups in total. The van der Waals surface area contributed by atoms with Crippen LogP contribution in [0.5, 0.6) is 0 Å². The van der Waals surface area contributed by atoms with E-state index in [4.69, 9.17) is 9.73 Å². The molecule has 1 aromatic heterocycles. The molecule has 0 spiro atoms. The minimum atomic E-state index is -1.07.